The molecule has 50 valence electrons. The van der Waals surface area contributed by atoms with E-state index in [4.69, 9.17) is 34.8 Å². The van der Waals surface area contributed by atoms with Crippen LogP contribution in [0.3, 0.4) is 0 Å². The maximum atomic E-state index is 5.47. The molecule has 0 aliphatic heterocycles. The van der Waals surface area contributed by atoms with Crippen LogP contribution in [0.25, 0.3) is 0 Å². The van der Waals surface area contributed by atoms with E-state index in [2.05, 4.69) is 15.9 Å². The lowest BCUT2D eigenvalue weighted by atomic mass is 10.4. The van der Waals surface area contributed by atoms with Crippen LogP contribution in [0, 0.1) is 0 Å². The first-order valence-corrected chi connectivity index (χ1v) is 4.24. The fourth-order valence-electron chi connectivity index (χ4n) is 0.231. The van der Waals surface area contributed by atoms with E-state index in [-0.39, 0.29) is 4.83 Å². The summed E-state index contributed by atoms with van der Waals surface area (Å²) in [4.78, 5) is -0.0417. The van der Waals surface area contributed by atoms with Crippen LogP contribution in [0.1, 0.15) is 13.3 Å². The van der Waals surface area contributed by atoms with Gasteiger partial charge in [0.1, 0.15) is 0 Å². The van der Waals surface area contributed by atoms with Gasteiger partial charge in [-0.15, -0.1) is 0 Å². The molecule has 0 fully saturated rings. The highest BCUT2D eigenvalue weighted by atomic mass is 79.9. The molecule has 0 amide bonds. The van der Waals surface area contributed by atoms with Crippen molar-refractivity contribution in [3.63, 3.8) is 0 Å². The van der Waals surface area contributed by atoms with Gasteiger partial charge in [-0.05, 0) is 6.42 Å². The standard InChI is InChI=1S/C4H6BrCl3/c1-2-3(5)4(6,7)8/h3H,2H2,1H3. The molecular formula is C4H6BrCl3. The lowest BCUT2D eigenvalue weighted by Gasteiger charge is -2.15. The highest BCUT2D eigenvalue weighted by molar-refractivity contribution is 9.09. The lowest BCUT2D eigenvalue weighted by Crippen LogP contribution is -2.17. The van der Waals surface area contributed by atoms with E-state index in [1.807, 2.05) is 6.92 Å². The molecule has 0 bridgehead atoms. The van der Waals surface area contributed by atoms with Crippen molar-refractivity contribution < 1.29 is 0 Å². The normalized spacial score (nSPS) is 16.1. The molecule has 0 aliphatic carbocycles. The van der Waals surface area contributed by atoms with Gasteiger partial charge in [-0.1, -0.05) is 57.7 Å². The van der Waals surface area contributed by atoms with Crippen LogP contribution in [-0.4, -0.2) is 8.62 Å². The molecule has 0 aliphatic rings. The monoisotopic (exact) mass is 238 g/mol. The predicted octanol–water partition coefficient (Wildman–Crippen LogP) is 3.53. The number of rotatable bonds is 1. The molecule has 1 atom stereocenters. The summed E-state index contributed by atoms with van der Waals surface area (Å²) in [7, 11) is 0. The summed E-state index contributed by atoms with van der Waals surface area (Å²) in [6.45, 7) is 1.95. The maximum absolute atomic E-state index is 5.47. The first kappa shape index (κ1) is 9.35. The van der Waals surface area contributed by atoms with Gasteiger partial charge in [-0.25, -0.2) is 0 Å². The largest absolute Gasteiger partial charge is 0.202 e. The van der Waals surface area contributed by atoms with Gasteiger partial charge in [0, 0.05) is 0 Å². The van der Waals surface area contributed by atoms with Crippen molar-refractivity contribution in [3.05, 3.63) is 0 Å². The van der Waals surface area contributed by atoms with Crippen LogP contribution in [0.15, 0.2) is 0 Å². The second-order valence-corrected chi connectivity index (χ2v) is 4.89. The Labute approximate surface area is 72.6 Å². The Balaban J connectivity index is 3.62. The highest BCUT2D eigenvalue weighted by Gasteiger charge is 2.28. The summed E-state index contributed by atoms with van der Waals surface area (Å²) in [5.41, 5.74) is 0. The minimum atomic E-state index is -1.16. The predicted molar refractivity (Wildman–Crippen MR) is 43.3 cm³/mol. The Kier molecular flexibility index (Phi) is 4.09. The summed E-state index contributed by atoms with van der Waals surface area (Å²) in [6.07, 6.45) is 0.816. The molecule has 0 rings (SSSR count). The lowest BCUT2D eigenvalue weighted by molar-refractivity contribution is 0.859. The fraction of sp³-hybridized carbons (Fsp3) is 1.00. The van der Waals surface area contributed by atoms with Crippen LogP contribution in [0.2, 0.25) is 0 Å². The number of hydrogen-bond donors (Lipinski definition) is 0. The average Bonchev–Trinajstić information content (AvgIpc) is 1.62. The van der Waals surface area contributed by atoms with E-state index in [0.29, 0.717) is 0 Å². The van der Waals surface area contributed by atoms with E-state index in [9.17, 15) is 0 Å². The quantitative estimate of drug-likeness (QED) is 0.615. The summed E-state index contributed by atoms with van der Waals surface area (Å²) in [5.74, 6) is 0. The molecule has 8 heavy (non-hydrogen) atoms. The number of hydrogen-bond acceptors (Lipinski definition) is 0. The Hall–Kier alpha value is 1.35. The van der Waals surface area contributed by atoms with Crippen molar-refractivity contribution in [3.8, 4) is 0 Å². The zero-order chi connectivity index (χ0) is 6.78. The van der Waals surface area contributed by atoms with Crippen molar-refractivity contribution in [2.75, 3.05) is 0 Å². The summed E-state index contributed by atoms with van der Waals surface area (Å²) >= 11 is 19.6. The van der Waals surface area contributed by atoms with Gasteiger partial charge in [0.15, 0.2) is 0 Å². The van der Waals surface area contributed by atoms with Crippen LogP contribution in [0.5, 0.6) is 0 Å². The van der Waals surface area contributed by atoms with Gasteiger partial charge < -0.3 is 0 Å². The molecule has 0 aromatic heterocycles. The smallest absolute Gasteiger partial charge is 0.0844 e. The molecule has 0 heterocycles. The Morgan fingerprint density at radius 2 is 1.88 bits per heavy atom. The van der Waals surface area contributed by atoms with E-state index < -0.39 is 3.79 Å². The van der Waals surface area contributed by atoms with Crippen LogP contribution in [-0.2, 0) is 0 Å². The zero-order valence-electron chi connectivity index (χ0n) is 4.30. The molecule has 0 saturated heterocycles. The van der Waals surface area contributed by atoms with Gasteiger partial charge in [0.2, 0.25) is 3.79 Å². The van der Waals surface area contributed by atoms with E-state index >= 15 is 0 Å². The van der Waals surface area contributed by atoms with Gasteiger partial charge in [-0.3, -0.25) is 0 Å². The zero-order valence-corrected chi connectivity index (χ0v) is 8.15. The minimum Gasteiger partial charge on any atom is -0.0844 e. The second-order valence-electron chi connectivity index (χ2n) is 1.42. The SMILES string of the molecule is CCC(Br)C(Cl)(Cl)Cl. The molecular weight excluding hydrogens is 234 g/mol. The number of halogens is 4. The van der Waals surface area contributed by atoms with E-state index in [0.717, 1.165) is 6.42 Å². The van der Waals surface area contributed by atoms with Gasteiger partial charge in [0.25, 0.3) is 0 Å². The summed E-state index contributed by atoms with van der Waals surface area (Å²) < 4.78 is -1.16. The second kappa shape index (κ2) is 3.50. The van der Waals surface area contributed by atoms with E-state index in [1.54, 1.807) is 0 Å². The summed E-state index contributed by atoms with van der Waals surface area (Å²) in [6, 6.07) is 0. The van der Waals surface area contributed by atoms with Crippen LogP contribution in [0.4, 0.5) is 0 Å². The average molecular weight is 240 g/mol. The maximum Gasteiger partial charge on any atom is 0.202 e. The third-order valence-corrected chi connectivity index (χ3v) is 3.63. The molecule has 0 N–H and O–H groups in total. The third-order valence-electron chi connectivity index (χ3n) is 0.714. The number of alkyl halides is 4. The van der Waals surface area contributed by atoms with Crippen LogP contribution >= 0.6 is 50.7 Å². The molecule has 1 unspecified atom stereocenters. The van der Waals surface area contributed by atoms with Crippen molar-refractivity contribution in [2.24, 2.45) is 0 Å². The van der Waals surface area contributed by atoms with Gasteiger partial charge in [0.05, 0.1) is 4.83 Å². The van der Waals surface area contributed by atoms with Gasteiger partial charge >= 0.3 is 0 Å². The molecule has 0 aromatic rings. The topological polar surface area (TPSA) is 0 Å². The Morgan fingerprint density at radius 1 is 1.50 bits per heavy atom. The third kappa shape index (κ3) is 3.39. The molecule has 4 heteroatoms. The molecule has 0 aromatic carbocycles. The minimum absolute atomic E-state index is 0.0417. The van der Waals surface area contributed by atoms with Gasteiger partial charge in [-0.2, -0.15) is 0 Å². The summed E-state index contributed by atoms with van der Waals surface area (Å²) in [5, 5.41) is 0. The first-order valence-electron chi connectivity index (χ1n) is 2.19. The highest BCUT2D eigenvalue weighted by Crippen LogP contribution is 2.36. The van der Waals surface area contributed by atoms with Crippen molar-refractivity contribution in [2.45, 2.75) is 22.0 Å². The van der Waals surface area contributed by atoms with Crippen LogP contribution < -0.4 is 0 Å². The molecule has 0 spiro atoms. The van der Waals surface area contributed by atoms with Crippen molar-refractivity contribution in [1.82, 2.24) is 0 Å². The van der Waals surface area contributed by atoms with Crippen molar-refractivity contribution in [1.29, 1.82) is 0 Å². The molecule has 0 radical (unpaired) electrons. The van der Waals surface area contributed by atoms with E-state index in [1.165, 1.54) is 0 Å². The molecule has 0 nitrogen and oxygen atoms in total. The van der Waals surface area contributed by atoms with Crippen molar-refractivity contribution >= 4 is 50.7 Å². The Morgan fingerprint density at radius 3 is 1.88 bits per heavy atom. The Bertz CT molecular complexity index is 68.2. The molecule has 0 saturated carbocycles. The first-order chi connectivity index (χ1) is 3.48. The fourth-order valence-corrected chi connectivity index (χ4v) is 0.694.